The van der Waals surface area contributed by atoms with Crippen LogP contribution in [0.3, 0.4) is 0 Å². The van der Waals surface area contributed by atoms with Crippen molar-refractivity contribution < 1.29 is 4.74 Å². The fourth-order valence-corrected chi connectivity index (χ4v) is 3.40. The summed E-state index contributed by atoms with van der Waals surface area (Å²) < 4.78 is 6.10. The van der Waals surface area contributed by atoms with E-state index in [4.69, 9.17) is 16.3 Å². The third kappa shape index (κ3) is 6.40. The van der Waals surface area contributed by atoms with Gasteiger partial charge in [0.1, 0.15) is 12.4 Å². The molecule has 0 aliphatic rings. The quantitative estimate of drug-likeness (QED) is 0.458. The minimum absolute atomic E-state index is 0.406. The molecule has 146 valence electrons. The van der Waals surface area contributed by atoms with E-state index in [1.807, 2.05) is 18.2 Å². The lowest BCUT2D eigenvalue weighted by Crippen LogP contribution is -2.26. The molecule has 0 unspecified atom stereocenters. The second-order valence-electron chi connectivity index (χ2n) is 7.34. The van der Waals surface area contributed by atoms with Gasteiger partial charge in [0, 0.05) is 23.2 Å². The van der Waals surface area contributed by atoms with Crippen LogP contribution in [0.1, 0.15) is 35.6 Å². The van der Waals surface area contributed by atoms with Crippen LogP contribution in [0, 0.1) is 6.92 Å². The largest absolute Gasteiger partial charge is 0.489 e. The summed E-state index contributed by atoms with van der Waals surface area (Å²) in [5.41, 5.74) is 4.88. The van der Waals surface area contributed by atoms with Crippen LogP contribution in [0.15, 0.2) is 72.8 Å². The van der Waals surface area contributed by atoms with Gasteiger partial charge in [-0.1, -0.05) is 71.8 Å². The summed E-state index contributed by atoms with van der Waals surface area (Å²) in [4.78, 5) is 0. The number of halogens is 1. The lowest BCUT2D eigenvalue weighted by molar-refractivity contribution is 0.301. The standard InChI is InChI=1S/C25H28ClNO/c1-19-7-6-10-22(15-19)18-28-25-14-13-24(26)16-23(25)17-27-20(2)11-12-21-8-4-3-5-9-21/h3-10,13-16,20,27H,11-12,17-18H2,1-2H3/t20-/m0/s1. The maximum Gasteiger partial charge on any atom is 0.124 e. The van der Waals surface area contributed by atoms with E-state index in [-0.39, 0.29) is 0 Å². The van der Waals surface area contributed by atoms with Gasteiger partial charge in [0.25, 0.3) is 0 Å². The highest BCUT2D eigenvalue weighted by molar-refractivity contribution is 6.30. The SMILES string of the molecule is Cc1cccc(COc2ccc(Cl)cc2CN[C@@H](C)CCc2ccccc2)c1. The monoisotopic (exact) mass is 393 g/mol. The molecule has 0 amide bonds. The minimum atomic E-state index is 0.406. The molecule has 0 aliphatic heterocycles. The van der Waals surface area contributed by atoms with Gasteiger partial charge < -0.3 is 10.1 Å². The van der Waals surface area contributed by atoms with Gasteiger partial charge in [-0.3, -0.25) is 0 Å². The van der Waals surface area contributed by atoms with E-state index in [1.54, 1.807) is 0 Å². The fraction of sp³-hybridized carbons (Fsp3) is 0.280. The molecular weight excluding hydrogens is 366 g/mol. The van der Waals surface area contributed by atoms with Crippen molar-refractivity contribution in [3.8, 4) is 5.75 Å². The lowest BCUT2D eigenvalue weighted by Gasteiger charge is -2.17. The second-order valence-corrected chi connectivity index (χ2v) is 7.77. The van der Waals surface area contributed by atoms with E-state index in [9.17, 15) is 0 Å². The summed E-state index contributed by atoms with van der Waals surface area (Å²) in [6.07, 6.45) is 2.16. The average Bonchev–Trinajstić information content (AvgIpc) is 2.71. The van der Waals surface area contributed by atoms with E-state index < -0.39 is 0 Å². The van der Waals surface area contributed by atoms with Gasteiger partial charge in [-0.05, 0) is 56.0 Å². The normalized spacial score (nSPS) is 12.0. The molecule has 28 heavy (non-hydrogen) atoms. The Morgan fingerprint density at radius 2 is 1.71 bits per heavy atom. The van der Waals surface area contributed by atoms with Crippen molar-refractivity contribution in [2.75, 3.05) is 0 Å². The number of aryl methyl sites for hydroxylation is 2. The van der Waals surface area contributed by atoms with E-state index >= 15 is 0 Å². The third-order valence-corrected chi connectivity index (χ3v) is 5.08. The number of rotatable bonds is 9. The number of hydrogen-bond acceptors (Lipinski definition) is 2. The van der Waals surface area contributed by atoms with E-state index in [0.717, 1.165) is 35.7 Å². The first-order valence-corrected chi connectivity index (χ1v) is 10.2. The Balaban J connectivity index is 1.56. The maximum absolute atomic E-state index is 6.23. The van der Waals surface area contributed by atoms with Gasteiger partial charge in [-0.15, -0.1) is 0 Å². The molecule has 0 heterocycles. The first-order chi connectivity index (χ1) is 13.6. The van der Waals surface area contributed by atoms with Crippen molar-refractivity contribution in [2.24, 2.45) is 0 Å². The minimum Gasteiger partial charge on any atom is -0.489 e. The van der Waals surface area contributed by atoms with Gasteiger partial charge in [-0.2, -0.15) is 0 Å². The van der Waals surface area contributed by atoms with Gasteiger partial charge in [0.05, 0.1) is 0 Å². The third-order valence-electron chi connectivity index (χ3n) is 4.85. The zero-order chi connectivity index (χ0) is 19.8. The summed E-state index contributed by atoms with van der Waals surface area (Å²) in [6, 6.07) is 25.3. The Kier molecular flexibility index (Phi) is 7.53. The Bertz CT molecular complexity index is 879. The molecule has 0 spiro atoms. The molecule has 0 saturated carbocycles. The van der Waals surface area contributed by atoms with Crippen molar-refractivity contribution in [3.05, 3.63) is 100 Å². The molecule has 0 bridgehead atoms. The average molecular weight is 394 g/mol. The summed E-state index contributed by atoms with van der Waals surface area (Å²) in [5.74, 6) is 0.883. The molecule has 0 aromatic heterocycles. The zero-order valence-electron chi connectivity index (χ0n) is 16.6. The predicted molar refractivity (Wildman–Crippen MR) is 118 cm³/mol. The maximum atomic E-state index is 6.23. The Morgan fingerprint density at radius 3 is 2.50 bits per heavy atom. The fourth-order valence-electron chi connectivity index (χ4n) is 3.20. The highest BCUT2D eigenvalue weighted by atomic mass is 35.5. The molecule has 3 heteroatoms. The van der Waals surface area contributed by atoms with E-state index in [2.05, 4.69) is 73.8 Å². The molecule has 3 aromatic carbocycles. The van der Waals surface area contributed by atoms with Crippen molar-refractivity contribution in [2.45, 2.75) is 45.9 Å². The summed E-state index contributed by atoms with van der Waals surface area (Å²) >= 11 is 6.23. The molecule has 3 rings (SSSR count). The van der Waals surface area contributed by atoms with Crippen molar-refractivity contribution >= 4 is 11.6 Å². The van der Waals surface area contributed by atoms with Crippen LogP contribution in [-0.2, 0) is 19.6 Å². The Hall–Kier alpha value is -2.29. The molecule has 0 radical (unpaired) electrons. The molecule has 3 aromatic rings. The van der Waals surface area contributed by atoms with Crippen molar-refractivity contribution in [1.82, 2.24) is 5.32 Å². The Labute approximate surface area is 173 Å². The van der Waals surface area contributed by atoms with Gasteiger partial charge in [0.15, 0.2) is 0 Å². The predicted octanol–water partition coefficient (Wildman–Crippen LogP) is 6.34. The molecule has 0 fully saturated rings. The molecule has 0 aliphatic carbocycles. The van der Waals surface area contributed by atoms with Gasteiger partial charge in [0.2, 0.25) is 0 Å². The second kappa shape index (κ2) is 10.3. The van der Waals surface area contributed by atoms with Crippen LogP contribution < -0.4 is 10.1 Å². The molecule has 1 N–H and O–H groups in total. The van der Waals surface area contributed by atoms with Crippen molar-refractivity contribution in [3.63, 3.8) is 0 Å². The van der Waals surface area contributed by atoms with Gasteiger partial charge >= 0.3 is 0 Å². The molecule has 2 nitrogen and oxygen atoms in total. The van der Waals surface area contributed by atoms with Crippen LogP contribution >= 0.6 is 11.6 Å². The molecule has 1 atom stereocenters. The summed E-state index contributed by atoms with van der Waals surface area (Å²) in [6.45, 7) is 5.61. The van der Waals surface area contributed by atoms with Crippen LogP contribution in [0.4, 0.5) is 0 Å². The highest BCUT2D eigenvalue weighted by Gasteiger charge is 2.08. The topological polar surface area (TPSA) is 21.3 Å². The molecule has 0 saturated heterocycles. The summed E-state index contributed by atoms with van der Waals surface area (Å²) in [5, 5.41) is 4.34. The number of nitrogens with one attached hydrogen (secondary N) is 1. The van der Waals surface area contributed by atoms with E-state index in [1.165, 1.54) is 16.7 Å². The van der Waals surface area contributed by atoms with E-state index in [0.29, 0.717) is 12.6 Å². The zero-order valence-corrected chi connectivity index (χ0v) is 17.4. The van der Waals surface area contributed by atoms with Crippen LogP contribution in [0.25, 0.3) is 0 Å². The number of benzene rings is 3. The van der Waals surface area contributed by atoms with Crippen molar-refractivity contribution in [1.29, 1.82) is 0 Å². The van der Waals surface area contributed by atoms with Crippen LogP contribution in [0.5, 0.6) is 5.75 Å². The number of hydrogen-bond donors (Lipinski definition) is 1. The van der Waals surface area contributed by atoms with Crippen LogP contribution in [0.2, 0.25) is 5.02 Å². The molecular formula is C25H28ClNO. The highest BCUT2D eigenvalue weighted by Crippen LogP contribution is 2.24. The lowest BCUT2D eigenvalue weighted by atomic mass is 10.1. The first-order valence-electron chi connectivity index (χ1n) is 9.84. The first kappa shape index (κ1) is 20.4. The summed E-state index contributed by atoms with van der Waals surface area (Å²) in [7, 11) is 0. The number of ether oxygens (including phenoxy) is 1. The smallest absolute Gasteiger partial charge is 0.124 e. The Morgan fingerprint density at radius 1 is 0.929 bits per heavy atom. The van der Waals surface area contributed by atoms with Gasteiger partial charge in [-0.25, -0.2) is 0 Å². The van der Waals surface area contributed by atoms with Crippen LogP contribution in [-0.4, -0.2) is 6.04 Å².